The van der Waals surface area contributed by atoms with Crippen molar-refractivity contribution in [1.29, 1.82) is 0 Å². The first-order chi connectivity index (χ1) is 11.5. The van der Waals surface area contributed by atoms with Gasteiger partial charge >= 0.3 is 0 Å². The first-order valence-corrected chi connectivity index (χ1v) is 9.90. The third kappa shape index (κ3) is 4.18. The van der Waals surface area contributed by atoms with Crippen molar-refractivity contribution in [2.24, 2.45) is 0 Å². The number of sulfonamides is 1. The van der Waals surface area contributed by atoms with Crippen molar-refractivity contribution in [3.8, 4) is 10.6 Å². The summed E-state index contributed by atoms with van der Waals surface area (Å²) in [4.78, 5) is 8.42. The molecule has 0 aliphatic rings. The van der Waals surface area contributed by atoms with Crippen molar-refractivity contribution in [2.75, 3.05) is 6.54 Å². The van der Waals surface area contributed by atoms with Crippen LogP contribution < -0.4 is 4.72 Å². The van der Waals surface area contributed by atoms with Crippen molar-refractivity contribution in [3.05, 3.63) is 64.9 Å². The van der Waals surface area contributed by atoms with E-state index in [-0.39, 0.29) is 16.6 Å². The molecule has 124 valence electrons. The minimum absolute atomic E-state index is 0.0927. The van der Waals surface area contributed by atoms with Gasteiger partial charge in [0.05, 0.1) is 5.69 Å². The minimum Gasteiger partial charge on any atom is -0.243 e. The number of benzene rings is 1. The summed E-state index contributed by atoms with van der Waals surface area (Å²) in [5.74, 6) is 0. The summed E-state index contributed by atoms with van der Waals surface area (Å²) in [6, 6.07) is 12.8. The highest BCUT2D eigenvalue weighted by Crippen LogP contribution is 2.23. The summed E-state index contributed by atoms with van der Waals surface area (Å²) < 4.78 is 26.8. The number of thiazole rings is 1. The van der Waals surface area contributed by atoms with Crippen LogP contribution >= 0.6 is 22.9 Å². The maximum absolute atomic E-state index is 12.1. The summed E-state index contributed by atoms with van der Waals surface area (Å²) >= 11 is 7.21. The van der Waals surface area contributed by atoms with E-state index in [2.05, 4.69) is 14.7 Å². The lowest BCUT2D eigenvalue weighted by Crippen LogP contribution is -2.26. The third-order valence-corrected chi connectivity index (χ3v) is 5.87. The van der Waals surface area contributed by atoms with Crippen LogP contribution in [0.3, 0.4) is 0 Å². The monoisotopic (exact) mass is 379 g/mol. The van der Waals surface area contributed by atoms with Gasteiger partial charge in [0.1, 0.15) is 15.1 Å². The molecular formula is C16H14ClN3O2S2. The second-order valence-electron chi connectivity index (χ2n) is 4.97. The Morgan fingerprint density at radius 1 is 1.12 bits per heavy atom. The van der Waals surface area contributed by atoms with E-state index in [1.807, 2.05) is 35.7 Å². The highest BCUT2D eigenvalue weighted by molar-refractivity contribution is 7.89. The van der Waals surface area contributed by atoms with Crippen molar-refractivity contribution < 1.29 is 8.42 Å². The summed E-state index contributed by atoms with van der Waals surface area (Å²) in [5, 5.41) is 3.13. The summed E-state index contributed by atoms with van der Waals surface area (Å²) in [6.07, 6.45) is 1.75. The lowest BCUT2D eigenvalue weighted by atomic mass is 10.2. The van der Waals surface area contributed by atoms with Crippen molar-refractivity contribution in [2.45, 2.75) is 11.3 Å². The van der Waals surface area contributed by atoms with Crippen LogP contribution in [0.1, 0.15) is 5.69 Å². The van der Waals surface area contributed by atoms with Crippen molar-refractivity contribution in [3.63, 3.8) is 0 Å². The van der Waals surface area contributed by atoms with Crippen molar-refractivity contribution in [1.82, 2.24) is 14.7 Å². The minimum atomic E-state index is -3.59. The van der Waals surface area contributed by atoms with Crippen LogP contribution in [0.4, 0.5) is 0 Å². The summed E-state index contributed by atoms with van der Waals surface area (Å²) in [5.41, 5.74) is 1.91. The maximum atomic E-state index is 12.1. The van der Waals surface area contributed by atoms with E-state index in [1.54, 1.807) is 11.3 Å². The van der Waals surface area contributed by atoms with Crippen LogP contribution in [0.25, 0.3) is 10.6 Å². The number of hydrogen-bond acceptors (Lipinski definition) is 5. The van der Waals surface area contributed by atoms with E-state index in [9.17, 15) is 8.42 Å². The smallest absolute Gasteiger partial charge is 0.242 e. The molecule has 0 bridgehead atoms. The van der Waals surface area contributed by atoms with Gasteiger partial charge < -0.3 is 0 Å². The molecule has 0 spiro atoms. The SMILES string of the molecule is O=S(=O)(NCCc1csc(-c2ccccc2)n1)c1ccc(Cl)nc1. The highest BCUT2D eigenvalue weighted by Gasteiger charge is 2.14. The van der Waals surface area contributed by atoms with Crippen LogP contribution in [0.5, 0.6) is 0 Å². The van der Waals surface area contributed by atoms with Gasteiger partial charge in [-0.15, -0.1) is 11.3 Å². The molecule has 0 unspecified atom stereocenters. The average Bonchev–Trinajstić information content (AvgIpc) is 3.05. The van der Waals surface area contributed by atoms with Crippen LogP contribution in [0, 0.1) is 0 Å². The molecule has 0 radical (unpaired) electrons. The number of halogens is 1. The number of rotatable bonds is 6. The fourth-order valence-electron chi connectivity index (χ4n) is 2.05. The zero-order valence-corrected chi connectivity index (χ0v) is 14.9. The zero-order valence-electron chi connectivity index (χ0n) is 12.5. The molecule has 8 heteroatoms. The quantitative estimate of drug-likeness (QED) is 0.666. The number of aromatic nitrogens is 2. The molecule has 1 N–H and O–H groups in total. The third-order valence-electron chi connectivity index (χ3n) is 3.26. The van der Waals surface area contributed by atoms with Crippen LogP contribution in [-0.2, 0) is 16.4 Å². The number of hydrogen-bond donors (Lipinski definition) is 1. The Balaban J connectivity index is 1.60. The first kappa shape index (κ1) is 17.0. The van der Waals surface area contributed by atoms with E-state index in [1.165, 1.54) is 18.3 Å². The topological polar surface area (TPSA) is 72.0 Å². The Morgan fingerprint density at radius 3 is 2.62 bits per heavy atom. The largest absolute Gasteiger partial charge is 0.243 e. The molecule has 0 atom stereocenters. The van der Waals surface area contributed by atoms with E-state index in [0.717, 1.165) is 16.3 Å². The average molecular weight is 380 g/mol. The lowest BCUT2D eigenvalue weighted by molar-refractivity contribution is 0.581. The molecule has 2 aromatic heterocycles. The Kier molecular flexibility index (Phi) is 5.25. The fraction of sp³-hybridized carbons (Fsp3) is 0.125. The Morgan fingerprint density at radius 2 is 1.92 bits per heavy atom. The van der Waals surface area contributed by atoms with Gasteiger partial charge in [-0.05, 0) is 12.1 Å². The molecule has 0 fully saturated rings. The molecule has 0 saturated carbocycles. The molecule has 0 amide bonds. The summed E-state index contributed by atoms with van der Waals surface area (Å²) in [6.45, 7) is 0.267. The van der Waals surface area contributed by atoms with Gasteiger partial charge in [0.2, 0.25) is 10.0 Å². The molecule has 0 aliphatic heterocycles. The summed E-state index contributed by atoms with van der Waals surface area (Å²) in [7, 11) is -3.59. The zero-order chi connectivity index (χ0) is 17.0. The van der Waals surface area contributed by atoms with Gasteiger partial charge in [-0.3, -0.25) is 0 Å². The first-order valence-electron chi connectivity index (χ1n) is 7.16. The number of nitrogens with zero attached hydrogens (tertiary/aromatic N) is 2. The van der Waals surface area contributed by atoms with E-state index in [0.29, 0.717) is 6.42 Å². The highest BCUT2D eigenvalue weighted by atomic mass is 35.5. The lowest BCUT2D eigenvalue weighted by Gasteiger charge is -2.05. The molecular weight excluding hydrogens is 366 g/mol. The fourth-order valence-corrected chi connectivity index (χ4v) is 4.00. The predicted octanol–water partition coefficient (Wildman–Crippen LogP) is 3.38. The van der Waals surface area contributed by atoms with Gasteiger partial charge in [0, 0.05) is 30.1 Å². The molecule has 1 aromatic carbocycles. The molecule has 0 aliphatic carbocycles. The second-order valence-corrected chi connectivity index (χ2v) is 7.99. The van der Waals surface area contributed by atoms with E-state index >= 15 is 0 Å². The second kappa shape index (κ2) is 7.40. The number of nitrogens with one attached hydrogen (secondary N) is 1. The Hall–Kier alpha value is -1.80. The molecule has 2 heterocycles. The van der Waals surface area contributed by atoms with Gasteiger partial charge in [-0.1, -0.05) is 41.9 Å². The van der Waals surface area contributed by atoms with E-state index < -0.39 is 10.0 Å². The molecule has 5 nitrogen and oxygen atoms in total. The Bertz CT molecular complexity index is 910. The Labute approximate surface area is 149 Å². The van der Waals surface area contributed by atoms with Gasteiger partial charge in [0.15, 0.2) is 0 Å². The number of pyridine rings is 1. The maximum Gasteiger partial charge on any atom is 0.242 e. The predicted molar refractivity (Wildman–Crippen MR) is 95.7 cm³/mol. The van der Waals surface area contributed by atoms with Gasteiger partial charge in [-0.25, -0.2) is 23.1 Å². The molecule has 0 saturated heterocycles. The molecule has 3 rings (SSSR count). The van der Waals surface area contributed by atoms with Crippen LogP contribution in [0.15, 0.2) is 58.9 Å². The van der Waals surface area contributed by atoms with Crippen LogP contribution in [-0.4, -0.2) is 24.9 Å². The van der Waals surface area contributed by atoms with Crippen LogP contribution in [0.2, 0.25) is 5.15 Å². The standard InChI is InChI=1S/C16H14ClN3O2S2/c17-15-7-6-14(10-18-15)24(21,22)19-9-8-13-11-23-16(20-13)12-4-2-1-3-5-12/h1-7,10-11,19H,8-9H2. The molecule has 3 aromatic rings. The van der Waals surface area contributed by atoms with E-state index in [4.69, 9.17) is 11.6 Å². The molecule has 24 heavy (non-hydrogen) atoms. The van der Waals surface area contributed by atoms with Gasteiger partial charge in [-0.2, -0.15) is 0 Å². The normalized spacial score (nSPS) is 11.5. The van der Waals surface area contributed by atoms with Gasteiger partial charge in [0.25, 0.3) is 0 Å². The van der Waals surface area contributed by atoms with Crippen molar-refractivity contribution >= 4 is 33.0 Å².